The van der Waals surface area contributed by atoms with Crippen LogP contribution in [-0.2, 0) is 6.18 Å². The van der Waals surface area contributed by atoms with Gasteiger partial charge in [-0.1, -0.05) is 18.2 Å². The highest BCUT2D eigenvalue weighted by molar-refractivity contribution is 6.05. The maximum atomic E-state index is 13.9. The molecule has 0 saturated heterocycles. The van der Waals surface area contributed by atoms with Crippen molar-refractivity contribution < 1.29 is 18.0 Å². The number of carbonyl (C=O) groups excluding carboxylic acids is 1. The van der Waals surface area contributed by atoms with Gasteiger partial charge in [0.05, 0.1) is 16.6 Å². The van der Waals surface area contributed by atoms with Gasteiger partial charge in [-0.15, -0.1) is 0 Å². The molecular weight excluding hydrogens is 581 g/mol. The van der Waals surface area contributed by atoms with Crippen LogP contribution in [-0.4, -0.2) is 41.0 Å². The number of benzene rings is 3. The molecule has 1 fully saturated rings. The number of hydrogen-bond donors (Lipinski definition) is 2. The fourth-order valence-corrected chi connectivity index (χ4v) is 5.19. The average molecular weight is 609 g/mol. The molecule has 2 N–H and O–H groups in total. The summed E-state index contributed by atoms with van der Waals surface area (Å²) in [7, 11) is 0. The molecule has 9 nitrogen and oxygen atoms in total. The monoisotopic (exact) mass is 608 g/mol. The number of nitrogens with zero attached hydrogens (tertiary/aromatic N) is 6. The van der Waals surface area contributed by atoms with E-state index in [2.05, 4.69) is 30.6 Å². The second kappa shape index (κ2) is 10.9. The number of amides is 1. The quantitative estimate of drug-likeness (QED) is 0.198. The number of halogens is 3. The SMILES string of the molecule is Cc1ccc(C(=O)Nc2cc(-n3cnc4c(C)cccc43)cc(C(F)(F)F)c2)cc1/C=C/n1cnc2c(NC3CC3)ncnc21. The van der Waals surface area contributed by atoms with Crippen LogP contribution >= 0.6 is 0 Å². The van der Waals surface area contributed by atoms with Gasteiger partial charge in [0.25, 0.3) is 5.91 Å². The molecular formula is C33H27F3N8O. The maximum absolute atomic E-state index is 13.9. The topological polar surface area (TPSA) is 103 Å². The highest BCUT2D eigenvalue weighted by atomic mass is 19.4. The van der Waals surface area contributed by atoms with Crippen molar-refractivity contribution in [3.63, 3.8) is 0 Å². The second-order valence-electron chi connectivity index (χ2n) is 11.1. The largest absolute Gasteiger partial charge is 0.416 e. The Balaban J connectivity index is 1.17. The molecule has 6 aromatic rings. The van der Waals surface area contributed by atoms with Gasteiger partial charge in [0.2, 0.25) is 0 Å². The normalized spacial score (nSPS) is 13.6. The minimum absolute atomic E-state index is 0.0113. The van der Waals surface area contributed by atoms with Gasteiger partial charge in [-0.25, -0.2) is 19.9 Å². The number of anilines is 2. The lowest BCUT2D eigenvalue weighted by Crippen LogP contribution is -2.14. The number of alkyl halides is 3. The number of fused-ring (bicyclic) bond motifs is 2. The molecule has 0 bridgehead atoms. The zero-order valence-corrected chi connectivity index (χ0v) is 24.3. The highest BCUT2D eigenvalue weighted by Gasteiger charge is 2.32. The van der Waals surface area contributed by atoms with Gasteiger partial charge in [0.15, 0.2) is 17.0 Å². The predicted octanol–water partition coefficient (Wildman–Crippen LogP) is 7.26. The van der Waals surface area contributed by atoms with Gasteiger partial charge in [-0.05, 0) is 85.9 Å². The average Bonchev–Trinajstić information content (AvgIpc) is 3.55. The standard InChI is InChI=1S/C33H27F3N8O/c1-19-6-7-22(12-21(19)10-11-43-17-39-29-30(41-24-8-9-24)37-16-38-31(29)43)32(45)42-25-13-23(33(34,35)36)14-26(15-25)44-18-40-28-20(2)4-3-5-27(28)44/h3-7,10-18,24H,8-9H2,1-2H3,(H,42,45)(H,37,38,41)/b11-10+. The molecule has 3 aromatic heterocycles. The van der Waals surface area contributed by atoms with E-state index >= 15 is 0 Å². The number of carbonyl (C=O) groups is 1. The Morgan fingerprint density at radius 3 is 2.56 bits per heavy atom. The minimum atomic E-state index is -4.62. The molecule has 7 rings (SSSR count). The van der Waals surface area contributed by atoms with Crippen LogP contribution in [0.3, 0.4) is 0 Å². The van der Waals surface area contributed by atoms with E-state index in [0.29, 0.717) is 34.1 Å². The number of hydrogen-bond acceptors (Lipinski definition) is 6. The molecule has 1 amide bonds. The first-order valence-corrected chi connectivity index (χ1v) is 14.3. The lowest BCUT2D eigenvalue weighted by Gasteiger charge is -2.14. The van der Waals surface area contributed by atoms with Crippen LogP contribution in [0.5, 0.6) is 0 Å². The van der Waals surface area contributed by atoms with Crippen LogP contribution in [0.1, 0.15) is 45.5 Å². The van der Waals surface area contributed by atoms with E-state index in [1.807, 2.05) is 32.1 Å². The molecule has 1 saturated carbocycles. The summed E-state index contributed by atoms with van der Waals surface area (Å²) in [6, 6.07) is 14.5. The smallest absolute Gasteiger partial charge is 0.365 e. The Kier molecular flexibility index (Phi) is 6.83. The van der Waals surface area contributed by atoms with Gasteiger partial charge in [0.1, 0.15) is 19.0 Å². The van der Waals surface area contributed by atoms with Gasteiger partial charge in [-0.3, -0.25) is 13.9 Å². The van der Waals surface area contributed by atoms with E-state index in [0.717, 1.165) is 41.7 Å². The second-order valence-corrected chi connectivity index (χ2v) is 11.1. The molecule has 0 atom stereocenters. The molecule has 1 aliphatic carbocycles. The van der Waals surface area contributed by atoms with E-state index in [9.17, 15) is 18.0 Å². The summed E-state index contributed by atoms with van der Waals surface area (Å²) in [4.78, 5) is 30.9. The summed E-state index contributed by atoms with van der Waals surface area (Å²) < 4.78 is 45.2. The molecule has 226 valence electrons. The molecule has 0 unspecified atom stereocenters. The van der Waals surface area contributed by atoms with Crippen LogP contribution in [0, 0.1) is 13.8 Å². The Hall–Kier alpha value is -5.52. The van der Waals surface area contributed by atoms with Gasteiger partial charge < -0.3 is 10.6 Å². The number of aryl methyl sites for hydroxylation is 2. The fraction of sp³-hybridized carbons (Fsp3) is 0.182. The van der Waals surface area contributed by atoms with E-state index in [4.69, 9.17) is 0 Å². The Morgan fingerprint density at radius 2 is 1.76 bits per heavy atom. The van der Waals surface area contributed by atoms with Crippen molar-refractivity contribution in [1.82, 2.24) is 29.1 Å². The first-order chi connectivity index (χ1) is 21.6. The van der Waals surface area contributed by atoms with Gasteiger partial charge in [-0.2, -0.15) is 13.2 Å². The van der Waals surface area contributed by atoms with Gasteiger partial charge in [0, 0.05) is 29.2 Å². The molecule has 0 radical (unpaired) electrons. The number of imidazole rings is 2. The zero-order chi connectivity index (χ0) is 31.3. The van der Waals surface area contributed by atoms with Crippen molar-refractivity contribution in [2.75, 3.05) is 10.6 Å². The Morgan fingerprint density at radius 1 is 0.933 bits per heavy atom. The predicted molar refractivity (Wildman–Crippen MR) is 167 cm³/mol. The number of aromatic nitrogens is 6. The van der Waals surface area contributed by atoms with Crippen molar-refractivity contribution in [3.05, 3.63) is 101 Å². The summed E-state index contributed by atoms with van der Waals surface area (Å²) in [5, 5.41) is 6.03. The third kappa shape index (κ3) is 5.62. The van der Waals surface area contributed by atoms with Crippen molar-refractivity contribution in [1.29, 1.82) is 0 Å². The lowest BCUT2D eigenvalue weighted by atomic mass is 10.0. The molecule has 0 spiro atoms. The third-order valence-corrected chi connectivity index (χ3v) is 7.79. The molecule has 12 heteroatoms. The van der Waals surface area contributed by atoms with Crippen LogP contribution in [0.2, 0.25) is 0 Å². The minimum Gasteiger partial charge on any atom is -0.365 e. The van der Waals surface area contributed by atoms with Crippen molar-refractivity contribution in [3.8, 4) is 5.69 Å². The van der Waals surface area contributed by atoms with Crippen LogP contribution < -0.4 is 10.6 Å². The van der Waals surface area contributed by atoms with Crippen LogP contribution in [0.25, 0.3) is 40.2 Å². The van der Waals surface area contributed by atoms with E-state index in [-0.39, 0.29) is 16.9 Å². The van der Waals surface area contributed by atoms with Gasteiger partial charge >= 0.3 is 6.18 Å². The molecule has 45 heavy (non-hydrogen) atoms. The summed E-state index contributed by atoms with van der Waals surface area (Å²) in [5.41, 5.74) is 4.85. The summed E-state index contributed by atoms with van der Waals surface area (Å²) >= 11 is 0. The van der Waals surface area contributed by atoms with E-state index < -0.39 is 17.6 Å². The summed E-state index contributed by atoms with van der Waals surface area (Å²) in [5.74, 6) is 0.149. The maximum Gasteiger partial charge on any atom is 0.416 e. The molecule has 3 aromatic carbocycles. The lowest BCUT2D eigenvalue weighted by molar-refractivity contribution is -0.137. The Bertz CT molecular complexity index is 2120. The number of para-hydroxylation sites is 1. The van der Waals surface area contributed by atoms with Crippen molar-refractivity contribution in [2.45, 2.75) is 38.9 Å². The highest BCUT2D eigenvalue weighted by Crippen LogP contribution is 2.34. The Labute approximate surface area is 255 Å². The zero-order valence-electron chi connectivity index (χ0n) is 24.3. The first-order valence-electron chi connectivity index (χ1n) is 14.3. The van der Waals surface area contributed by atoms with Crippen LogP contribution in [0.4, 0.5) is 24.7 Å². The molecule has 0 aliphatic heterocycles. The number of nitrogens with one attached hydrogen (secondary N) is 2. The molecule has 3 heterocycles. The summed E-state index contributed by atoms with van der Waals surface area (Å²) in [6.07, 6.45) is 5.83. The third-order valence-electron chi connectivity index (χ3n) is 7.79. The number of rotatable bonds is 7. The van der Waals surface area contributed by atoms with Crippen LogP contribution in [0.15, 0.2) is 73.6 Å². The van der Waals surface area contributed by atoms with E-state index in [1.165, 1.54) is 18.7 Å². The molecule has 1 aliphatic rings. The first kappa shape index (κ1) is 28.3. The summed E-state index contributed by atoms with van der Waals surface area (Å²) in [6.45, 7) is 3.79. The van der Waals surface area contributed by atoms with E-state index in [1.54, 1.807) is 45.9 Å². The van der Waals surface area contributed by atoms with Crippen molar-refractivity contribution in [2.24, 2.45) is 0 Å². The fourth-order valence-electron chi connectivity index (χ4n) is 5.19. The van der Waals surface area contributed by atoms with Crippen molar-refractivity contribution >= 4 is 51.9 Å².